The summed E-state index contributed by atoms with van der Waals surface area (Å²) in [6, 6.07) is 23.4. The van der Waals surface area contributed by atoms with E-state index < -0.39 is 0 Å². The fourth-order valence-electron chi connectivity index (χ4n) is 4.71. The average molecular weight is 544 g/mol. The van der Waals surface area contributed by atoms with Crippen molar-refractivity contribution in [3.05, 3.63) is 106 Å². The summed E-state index contributed by atoms with van der Waals surface area (Å²) in [5, 5.41) is 1.74. The molecule has 1 heterocycles. The fraction of sp³-hybridized carbons (Fsp3) is 0.333. The highest BCUT2D eigenvalue weighted by molar-refractivity contribution is 6.30. The average Bonchev–Trinajstić information content (AvgIpc) is 3.32. The Morgan fingerprint density at radius 3 is 2.23 bits per heavy atom. The van der Waals surface area contributed by atoms with Gasteiger partial charge < -0.3 is 14.8 Å². The summed E-state index contributed by atoms with van der Waals surface area (Å²) in [7, 11) is 0. The van der Waals surface area contributed by atoms with Crippen LogP contribution in [0, 0.1) is 0 Å². The van der Waals surface area contributed by atoms with E-state index in [0.29, 0.717) is 30.1 Å². The van der Waals surface area contributed by atoms with Crippen molar-refractivity contribution >= 4 is 34.3 Å². The van der Waals surface area contributed by atoms with Gasteiger partial charge in [-0.2, -0.15) is 0 Å². The van der Waals surface area contributed by atoms with E-state index in [2.05, 4.69) is 62.2 Å². The first-order valence-corrected chi connectivity index (χ1v) is 13.9. The number of aromatic amines is 1. The van der Waals surface area contributed by atoms with E-state index in [1.165, 1.54) is 16.5 Å². The maximum atomic E-state index is 13.8. The van der Waals surface area contributed by atoms with Gasteiger partial charge in [0, 0.05) is 46.8 Å². The molecule has 0 atom stereocenters. The number of rotatable bonds is 9. The summed E-state index contributed by atoms with van der Waals surface area (Å²) in [4.78, 5) is 34.0. The second kappa shape index (κ2) is 12.1. The number of nitrogens with zero attached hydrogens (tertiary/aromatic N) is 2. The Labute approximate surface area is 236 Å². The molecule has 0 fully saturated rings. The van der Waals surface area contributed by atoms with Crippen LogP contribution in [-0.4, -0.2) is 45.7 Å². The summed E-state index contributed by atoms with van der Waals surface area (Å²) in [6.45, 7) is 11.5. The Bertz CT molecular complexity index is 1420. The molecule has 3 aromatic carbocycles. The van der Waals surface area contributed by atoms with Crippen molar-refractivity contribution in [2.45, 2.75) is 59.0 Å². The Morgan fingerprint density at radius 2 is 1.59 bits per heavy atom. The Balaban J connectivity index is 1.56. The third kappa shape index (κ3) is 7.10. The largest absolute Gasteiger partial charge is 0.361 e. The van der Waals surface area contributed by atoms with Gasteiger partial charge in [0.25, 0.3) is 5.91 Å². The molecule has 1 N–H and O–H groups in total. The highest BCUT2D eigenvalue weighted by atomic mass is 35.5. The van der Waals surface area contributed by atoms with Crippen LogP contribution in [0.4, 0.5) is 0 Å². The number of carbonyl (C=O) groups excluding carboxylic acids is 2. The monoisotopic (exact) mass is 543 g/mol. The Hall–Kier alpha value is -3.57. The molecule has 0 bridgehead atoms. The van der Waals surface area contributed by atoms with Crippen LogP contribution in [0.25, 0.3) is 10.9 Å². The SMILES string of the molecule is CC(C)N(CC(=O)N(CCc1c[nH]c2ccccc12)Cc1ccc(C(C)(C)C)cc1)C(=O)c1ccc(Cl)cc1. The van der Waals surface area contributed by atoms with Crippen LogP contribution in [-0.2, 0) is 23.2 Å². The van der Waals surface area contributed by atoms with Gasteiger partial charge in [0.05, 0.1) is 0 Å². The van der Waals surface area contributed by atoms with Crippen molar-refractivity contribution in [3.63, 3.8) is 0 Å². The number of benzene rings is 3. The predicted molar refractivity (Wildman–Crippen MR) is 160 cm³/mol. The van der Waals surface area contributed by atoms with Crippen molar-refractivity contribution in [2.24, 2.45) is 0 Å². The number of carbonyl (C=O) groups is 2. The molecule has 5 nitrogen and oxygen atoms in total. The van der Waals surface area contributed by atoms with Gasteiger partial charge in [0.15, 0.2) is 0 Å². The van der Waals surface area contributed by atoms with Crippen LogP contribution < -0.4 is 0 Å². The molecule has 4 rings (SSSR count). The molecule has 0 spiro atoms. The number of hydrogen-bond acceptors (Lipinski definition) is 2. The molecular weight excluding hydrogens is 506 g/mol. The van der Waals surface area contributed by atoms with E-state index in [0.717, 1.165) is 11.1 Å². The summed E-state index contributed by atoms with van der Waals surface area (Å²) in [5.74, 6) is -0.258. The maximum Gasteiger partial charge on any atom is 0.254 e. The van der Waals surface area contributed by atoms with Gasteiger partial charge in [-0.15, -0.1) is 0 Å². The number of nitrogens with one attached hydrogen (secondary N) is 1. The highest BCUT2D eigenvalue weighted by Crippen LogP contribution is 2.23. The Kier molecular flexibility index (Phi) is 8.81. The van der Waals surface area contributed by atoms with Gasteiger partial charge in [-0.3, -0.25) is 9.59 Å². The first-order valence-electron chi connectivity index (χ1n) is 13.5. The topological polar surface area (TPSA) is 56.4 Å². The van der Waals surface area contributed by atoms with Crippen LogP contribution in [0.1, 0.15) is 61.7 Å². The zero-order chi connectivity index (χ0) is 28.2. The minimum Gasteiger partial charge on any atom is -0.361 e. The van der Waals surface area contributed by atoms with Crippen LogP contribution in [0.15, 0.2) is 79.0 Å². The lowest BCUT2D eigenvalue weighted by atomic mass is 9.87. The van der Waals surface area contributed by atoms with Crippen LogP contribution >= 0.6 is 11.6 Å². The normalized spacial score (nSPS) is 11.7. The molecule has 39 heavy (non-hydrogen) atoms. The van der Waals surface area contributed by atoms with Crippen LogP contribution in [0.2, 0.25) is 5.02 Å². The van der Waals surface area contributed by atoms with Crippen LogP contribution in [0.5, 0.6) is 0 Å². The standard InChI is InChI=1S/C33H38ClN3O2/c1-23(2)37(32(39)25-12-16-28(34)17-13-25)22-31(38)36(21-24-10-14-27(15-11-24)33(3,4)5)19-18-26-20-35-30-9-7-6-8-29(26)30/h6-17,20,23,35H,18-19,21-22H2,1-5H3. The van der Waals surface area contributed by atoms with Gasteiger partial charge >= 0.3 is 0 Å². The smallest absolute Gasteiger partial charge is 0.254 e. The lowest BCUT2D eigenvalue weighted by Crippen LogP contribution is -2.46. The molecule has 0 unspecified atom stereocenters. The highest BCUT2D eigenvalue weighted by Gasteiger charge is 2.25. The molecule has 0 aliphatic rings. The van der Waals surface area contributed by atoms with Gasteiger partial charge in [0.1, 0.15) is 6.54 Å². The van der Waals surface area contributed by atoms with E-state index in [4.69, 9.17) is 11.6 Å². The summed E-state index contributed by atoms with van der Waals surface area (Å²) >= 11 is 6.02. The summed E-state index contributed by atoms with van der Waals surface area (Å²) in [6.07, 6.45) is 2.73. The lowest BCUT2D eigenvalue weighted by molar-refractivity contribution is -0.132. The molecule has 0 saturated carbocycles. The number of para-hydroxylation sites is 1. The van der Waals surface area contributed by atoms with Crippen LogP contribution in [0.3, 0.4) is 0 Å². The second-order valence-electron chi connectivity index (χ2n) is 11.4. The van der Waals surface area contributed by atoms with Crippen molar-refractivity contribution in [2.75, 3.05) is 13.1 Å². The molecule has 0 saturated heterocycles. The molecule has 204 valence electrons. The molecule has 2 amide bonds. The van der Waals surface area contributed by atoms with Crippen molar-refractivity contribution in [1.82, 2.24) is 14.8 Å². The van der Waals surface area contributed by atoms with Gasteiger partial charge in [-0.1, -0.05) is 74.8 Å². The first-order chi connectivity index (χ1) is 18.5. The molecule has 6 heteroatoms. The minimum absolute atomic E-state index is 0.00703. The van der Waals surface area contributed by atoms with E-state index >= 15 is 0 Å². The number of hydrogen-bond donors (Lipinski definition) is 1. The molecule has 4 aromatic rings. The van der Waals surface area contributed by atoms with Gasteiger partial charge in [-0.25, -0.2) is 0 Å². The molecular formula is C33H38ClN3O2. The van der Waals surface area contributed by atoms with Crippen molar-refractivity contribution in [3.8, 4) is 0 Å². The number of aromatic nitrogens is 1. The quantitative estimate of drug-likeness (QED) is 0.242. The van der Waals surface area contributed by atoms with Gasteiger partial charge in [-0.05, 0) is 72.7 Å². The Morgan fingerprint density at radius 1 is 0.923 bits per heavy atom. The van der Waals surface area contributed by atoms with E-state index in [1.807, 2.05) is 37.1 Å². The molecule has 0 aliphatic heterocycles. The number of halogens is 1. The van der Waals surface area contributed by atoms with Crippen molar-refractivity contribution in [1.29, 1.82) is 0 Å². The minimum atomic E-state index is -0.180. The predicted octanol–water partition coefficient (Wildman–Crippen LogP) is 7.24. The molecule has 0 aliphatic carbocycles. The zero-order valence-corrected chi connectivity index (χ0v) is 24.3. The fourth-order valence-corrected chi connectivity index (χ4v) is 4.84. The maximum absolute atomic E-state index is 13.8. The first kappa shape index (κ1) is 28.4. The summed E-state index contributed by atoms with van der Waals surface area (Å²) < 4.78 is 0. The molecule has 0 radical (unpaired) electrons. The lowest BCUT2D eigenvalue weighted by Gasteiger charge is -2.30. The van der Waals surface area contributed by atoms with Crippen molar-refractivity contribution < 1.29 is 9.59 Å². The third-order valence-corrected chi connectivity index (χ3v) is 7.41. The number of amides is 2. The zero-order valence-electron chi connectivity index (χ0n) is 23.5. The number of fused-ring (bicyclic) bond motifs is 1. The van der Waals surface area contributed by atoms with E-state index in [9.17, 15) is 9.59 Å². The van der Waals surface area contributed by atoms with Gasteiger partial charge in [0.2, 0.25) is 5.91 Å². The van der Waals surface area contributed by atoms with E-state index in [-0.39, 0.29) is 29.8 Å². The second-order valence-corrected chi connectivity index (χ2v) is 11.8. The number of H-pyrrole nitrogens is 1. The summed E-state index contributed by atoms with van der Waals surface area (Å²) in [5.41, 5.74) is 5.15. The van der Waals surface area contributed by atoms with E-state index in [1.54, 1.807) is 29.2 Å². The third-order valence-electron chi connectivity index (χ3n) is 7.15. The molecule has 1 aromatic heterocycles.